The van der Waals surface area contributed by atoms with Gasteiger partial charge in [-0.1, -0.05) is 103 Å². The number of unbranched alkanes of at least 4 members (excludes halogenated alkanes) is 15. The van der Waals surface area contributed by atoms with Crippen LogP contribution in [0.25, 0.3) is 0 Å². The van der Waals surface area contributed by atoms with E-state index < -0.39 is 0 Å². The Morgan fingerprint density at radius 3 is 1.46 bits per heavy atom. The highest BCUT2D eigenvalue weighted by atomic mass is 16.1. The van der Waals surface area contributed by atoms with Gasteiger partial charge in [-0.15, -0.1) is 0 Å². The summed E-state index contributed by atoms with van der Waals surface area (Å²) < 4.78 is 0. The van der Waals surface area contributed by atoms with Crippen LogP contribution in [0.5, 0.6) is 0 Å². The minimum absolute atomic E-state index is 0.0190. The molecule has 26 heavy (non-hydrogen) atoms. The second-order valence-electron chi connectivity index (χ2n) is 7.82. The minimum atomic E-state index is -0.0453. The van der Waals surface area contributed by atoms with Gasteiger partial charge in [0.25, 0.3) is 0 Å². The van der Waals surface area contributed by atoms with Gasteiger partial charge in [-0.3, -0.25) is 9.59 Å². The number of ketones is 2. The first kappa shape index (κ1) is 22.9. The smallest absolute Gasteiger partial charge is 0.182 e. The molecule has 0 saturated carbocycles. The van der Waals surface area contributed by atoms with Gasteiger partial charge < -0.3 is 0 Å². The number of hydrogen-bond donors (Lipinski definition) is 0. The molecular weight excluding hydrogens is 320 g/mol. The Bertz CT molecular complexity index is 445. The number of rotatable bonds is 17. The van der Waals surface area contributed by atoms with E-state index in [0.29, 0.717) is 5.57 Å². The number of allylic oxidation sites excluding steroid dienone is 4. The molecule has 0 amide bonds. The third-order valence-electron chi connectivity index (χ3n) is 5.33. The maximum Gasteiger partial charge on any atom is 0.182 e. The molecule has 148 valence electrons. The van der Waals surface area contributed by atoms with Gasteiger partial charge in [-0.05, 0) is 31.1 Å². The molecule has 0 aromatic rings. The highest BCUT2D eigenvalue weighted by Crippen LogP contribution is 2.17. The summed E-state index contributed by atoms with van der Waals surface area (Å²) >= 11 is 0. The SMILES string of the molecule is CCCCCCCCCCCCCCCCCCC1=CC(=O)C=CC1=O. The number of carbonyl (C=O) groups is 2. The lowest BCUT2D eigenvalue weighted by molar-refractivity contribution is -0.114. The van der Waals surface area contributed by atoms with E-state index in [1.165, 1.54) is 115 Å². The molecule has 1 aliphatic carbocycles. The Morgan fingerprint density at radius 2 is 1.00 bits per heavy atom. The first-order valence-electron chi connectivity index (χ1n) is 11.2. The Hall–Kier alpha value is -1.18. The fraction of sp³-hybridized carbons (Fsp3) is 0.750. The first-order valence-corrected chi connectivity index (χ1v) is 11.2. The fourth-order valence-corrected chi connectivity index (χ4v) is 3.61. The zero-order chi connectivity index (χ0) is 18.9. The summed E-state index contributed by atoms with van der Waals surface area (Å²) in [6.45, 7) is 2.28. The van der Waals surface area contributed by atoms with Crippen molar-refractivity contribution < 1.29 is 9.59 Å². The van der Waals surface area contributed by atoms with Crippen molar-refractivity contribution in [2.45, 2.75) is 116 Å². The van der Waals surface area contributed by atoms with E-state index >= 15 is 0 Å². The molecule has 0 N–H and O–H groups in total. The summed E-state index contributed by atoms with van der Waals surface area (Å²) in [5.74, 6) is -0.0262. The summed E-state index contributed by atoms with van der Waals surface area (Å²) in [6, 6.07) is 0. The predicted molar refractivity (Wildman–Crippen MR) is 111 cm³/mol. The van der Waals surface area contributed by atoms with E-state index in [4.69, 9.17) is 0 Å². The van der Waals surface area contributed by atoms with Crippen molar-refractivity contribution in [3.63, 3.8) is 0 Å². The maximum absolute atomic E-state index is 11.6. The van der Waals surface area contributed by atoms with Crippen molar-refractivity contribution in [3.05, 3.63) is 23.8 Å². The van der Waals surface area contributed by atoms with Crippen LogP contribution in [0.1, 0.15) is 116 Å². The quantitative estimate of drug-likeness (QED) is 0.202. The van der Waals surface area contributed by atoms with Crippen LogP contribution in [0, 0.1) is 0 Å². The first-order chi connectivity index (χ1) is 12.7. The van der Waals surface area contributed by atoms with E-state index in [2.05, 4.69) is 6.92 Å². The van der Waals surface area contributed by atoms with Gasteiger partial charge in [-0.2, -0.15) is 0 Å². The van der Waals surface area contributed by atoms with Crippen molar-refractivity contribution in [1.29, 1.82) is 0 Å². The molecule has 0 spiro atoms. The van der Waals surface area contributed by atoms with Gasteiger partial charge in [0.05, 0.1) is 0 Å². The highest BCUT2D eigenvalue weighted by molar-refractivity contribution is 6.17. The van der Waals surface area contributed by atoms with E-state index in [0.717, 1.165) is 12.8 Å². The van der Waals surface area contributed by atoms with Crippen LogP contribution in [0.3, 0.4) is 0 Å². The fourth-order valence-electron chi connectivity index (χ4n) is 3.61. The molecular formula is C24H40O2. The Morgan fingerprint density at radius 1 is 0.577 bits per heavy atom. The van der Waals surface area contributed by atoms with Crippen molar-refractivity contribution in [2.24, 2.45) is 0 Å². The third-order valence-corrected chi connectivity index (χ3v) is 5.33. The molecule has 2 nitrogen and oxygen atoms in total. The summed E-state index contributed by atoms with van der Waals surface area (Å²) in [5, 5.41) is 0. The van der Waals surface area contributed by atoms with E-state index in [9.17, 15) is 9.59 Å². The number of carbonyl (C=O) groups excluding carboxylic acids is 2. The largest absolute Gasteiger partial charge is 0.290 e. The molecule has 0 radical (unpaired) electrons. The molecule has 0 aliphatic heterocycles. The predicted octanol–water partition coefficient (Wildman–Crippen LogP) is 7.27. The molecule has 0 aromatic heterocycles. The van der Waals surface area contributed by atoms with Gasteiger partial charge in [0.2, 0.25) is 0 Å². The highest BCUT2D eigenvalue weighted by Gasteiger charge is 2.12. The third kappa shape index (κ3) is 12.2. The van der Waals surface area contributed by atoms with Gasteiger partial charge in [0, 0.05) is 5.57 Å². The Labute approximate surface area is 161 Å². The van der Waals surface area contributed by atoms with Crippen LogP contribution in [0.15, 0.2) is 23.8 Å². The number of hydrogen-bond acceptors (Lipinski definition) is 2. The van der Waals surface area contributed by atoms with Crippen molar-refractivity contribution >= 4 is 11.6 Å². The molecule has 1 aliphatic rings. The van der Waals surface area contributed by atoms with E-state index in [1.54, 1.807) is 0 Å². The standard InChI is InChI=1S/C24H40O2/c1-2-3-4-5-6-7-8-9-10-11-12-13-14-15-16-17-18-22-21-23(25)19-20-24(22)26/h19-21H,2-18H2,1H3. The van der Waals surface area contributed by atoms with Gasteiger partial charge in [0.1, 0.15) is 0 Å². The molecule has 1 rings (SSSR count). The molecule has 0 atom stereocenters. The monoisotopic (exact) mass is 360 g/mol. The van der Waals surface area contributed by atoms with Crippen molar-refractivity contribution in [1.82, 2.24) is 0 Å². The van der Waals surface area contributed by atoms with Crippen molar-refractivity contribution in [3.8, 4) is 0 Å². The second-order valence-corrected chi connectivity index (χ2v) is 7.82. The van der Waals surface area contributed by atoms with Crippen LogP contribution >= 0.6 is 0 Å². The summed E-state index contributed by atoms with van der Waals surface area (Å²) in [5.41, 5.74) is 0.697. The lowest BCUT2D eigenvalue weighted by atomic mass is 9.97. The maximum atomic E-state index is 11.6. The normalized spacial score (nSPS) is 14.1. The van der Waals surface area contributed by atoms with Crippen LogP contribution in [0.2, 0.25) is 0 Å². The zero-order valence-corrected chi connectivity index (χ0v) is 17.1. The molecule has 0 heterocycles. The van der Waals surface area contributed by atoms with Gasteiger partial charge >= 0.3 is 0 Å². The van der Waals surface area contributed by atoms with Crippen molar-refractivity contribution in [2.75, 3.05) is 0 Å². The summed E-state index contributed by atoms with van der Waals surface area (Å²) in [7, 11) is 0. The lowest BCUT2D eigenvalue weighted by Gasteiger charge is -2.06. The summed E-state index contributed by atoms with van der Waals surface area (Å²) in [4.78, 5) is 22.9. The molecule has 2 heteroatoms. The average molecular weight is 361 g/mol. The topological polar surface area (TPSA) is 34.1 Å². The average Bonchev–Trinajstić information content (AvgIpc) is 2.64. The van der Waals surface area contributed by atoms with Crippen LogP contribution in [0.4, 0.5) is 0 Å². The molecule has 0 saturated heterocycles. The Balaban J connectivity index is 1.79. The van der Waals surface area contributed by atoms with Crippen LogP contribution in [-0.2, 0) is 9.59 Å². The van der Waals surface area contributed by atoms with Gasteiger partial charge in [0.15, 0.2) is 11.6 Å². The molecule has 0 aromatic carbocycles. The lowest BCUT2D eigenvalue weighted by Crippen LogP contribution is -2.07. The molecule has 0 fully saturated rings. The summed E-state index contributed by atoms with van der Waals surface area (Å²) in [6.07, 6.45) is 26.7. The second kappa shape index (κ2) is 16.0. The molecule has 0 unspecified atom stereocenters. The van der Waals surface area contributed by atoms with Crippen LogP contribution in [-0.4, -0.2) is 11.6 Å². The van der Waals surface area contributed by atoms with Gasteiger partial charge in [-0.25, -0.2) is 0 Å². The molecule has 0 bridgehead atoms. The van der Waals surface area contributed by atoms with E-state index in [-0.39, 0.29) is 11.6 Å². The minimum Gasteiger partial charge on any atom is -0.290 e. The zero-order valence-electron chi connectivity index (χ0n) is 17.1. The van der Waals surface area contributed by atoms with Crippen LogP contribution < -0.4 is 0 Å². The Kier molecular flexibility index (Phi) is 14.1. The van der Waals surface area contributed by atoms with E-state index in [1.807, 2.05) is 0 Å².